The molecule has 2 aromatic rings. The molecule has 1 N–H and O–H groups in total. The van der Waals surface area contributed by atoms with Crippen molar-refractivity contribution in [3.8, 4) is 0 Å². The Kier molecular flexibility index (Phi) is 5.92. The van der Waals surface area contributed by atoms with Gasteiger partial charge < -0.3 is 5.32 Å². The molecule has 0 bridgehead atoms. The van der Waals surface area contributed by atoms with Gasteiger partial charge in [-0.15, -0.1) is 0 Å². The third-order valence-corrected chi connectivity index (χ3v) is 4.55. The van der Waals surface area contributed by atoms with Crippen LogP contribution in [-0.4, -0.2) is 33.7 Å². The van der Waals surface area contributed by atoms with E-state index < -0.39 is 15.8 Å². The van der Waals surface area contributed by atoms with Gasteiger partial charge in [0.15, 0.2) is 0 Å². The van der Waals surface area contributed by atoms with Crippen molar-refractivity contribution in [1.82, 2.24) is 5.32 Å². The Balaban J connectivity index is 1.94. The quantitative estimate of drug-likeness (QED) is 0.830. The number of rotatable bonds is 7. The predicted molar refractivity (Wildman–Crippen MR) is 91.7 cm³/mol. The first kappa shape index (κ1) is 17.9. The predicted octanol–water partition coefficient (Wildman–Crippen LogP) is 1.95. The molecule has 0 radical (unpaired) electrons. The molecule has 0 aliphatic carbocycles. The molecule has 5 nitrogen and oxygen atoms in total. The van der Waals surface area contributed by atoms with E-state index in [1.807, 2.05) is 30.3 Å². The number of anilines is 1. The van der Waals surface area contributed by atoms with Gasteiger partial charge in [0.2, 0.25) is 15.9 Å². The summed E-state index contributed by atoms with van der Waals surface area (Å²) in [5.74, 6) is -0.628. The van der Waals surface area contributed by atoms with Crippen molar-refractivity contribution in [3.63, 3.8) is 0 Å². The Morgan fingerprint density at radius 3 is 2.29 bits per heavy atom. The molecule has 0 fully saturated rings. The fourth-order valence-electron chi connectivity index (χ4n) is 2.23. The fraction of sp³-hybridized carbons (Fsp3) is 0.235. The van der Waals surface area contributed by atoms with Crippen molar-refractivity contribution in [3.05, 3.63) is 66.0 Å². The molecular weight excluding hydrogens is 331 g/mol. The zero-order valence-corrected chi connectivity index (χ0v) is 14.1. The fourth-order valence-corrected chi connectivity index (χ4v) is 3.16. The molecule has 0 aromatic heterocycles. The van der Waals surface area contributed by atoms with Crippen LogP contribution in [0.3, 0.4) is 0 Å². The number of carbonyl (C=O) groups excluding carboxylic acids is 1. The van der Waals surface area contributed by atoms with Crippen molar-refractivity contribution < 1.29 is 17.6 Å². The maximum absolute atomic E-state index is 13.0. The molecule has 1 amide bonds. The maximum atomic E-state index is 13.0. The summed E-state index contributed by atoms with van der Waals surface area (Å²) in [4.78, 5) is 11.9. The second kappa shape index (κ2) is 7.92. The molecule has 7 heteroatoms. The van der Waals surface area contributed by atoms with Crippen LogP contribution in [0.2, 0.25) is 0 Å². The third-order valence-electron chi connectivity index (χ3n) is 3.36. The summed E-state index contributed by atoms with van der Waals surface area (Å²) in [7, 11) is -3.53. The standard InChI is InChI=1S/C17H19FN2O3S/c1-24(22,23)20(16-9-7-15(18)8-10-16)12-11-19-17(21)13-14-5-3-2-4-6-14/h2-10H,11-13H2,1H3,(H,19,21). The molecule has 0 saturated heterocycles. The molecule has 2 aromatic carbocycles. The number of carbonyl (C=O) groups is 1. The summed E-state index contributed by atoms with van der Waals surface area (Å²) in [5, 5.41) is 2.70. The highest BCUT2D eigenvalue weighted by Crippen LogP contribution is 2.17. The highest BCUT2D eigenvalue weighted by molar-refractivity contribution is 7.92. The first-order valence-electron chi connectivity index (χ1n) is 7.40. The summed E-state index contributed by atoms with van der Waals surface area (Å²) in [6, 6.07) is 14.4. The Bertz CT molecular complexity index is 777. The van der Waals surface area contributed by atoms with Crippen molar-refractivity contribution >= 4 is 21.6 Å². The van der Waals surface area contributed by atoms with Crippen LogP contribution in [0.25, 0.3) is 0 Å². The van der Waals surface area contributed by atoms with Gasteiger partial charge in [0, 0.05) is 6.54 Å². The molecule has 0 heterocycles. The first-order valence-corrected chi connectivity index (χ1v) is 9.25. The SMILES string of the molecule is CS(=O)(=O)N(CCNC(=O)Cc1ccccc1)c1ccc(F)cc1. The lowest BCUT2D eigenvalue weighted by molar-refractivity contribution is -0.120. The van der Waals surface area contributed by atoms with E-state index in [0.717, 1.165) is 16.1 Å². The van der Waals surface area contributed by atoms with Crippen molar-refractivity contribution in [1.29, 1.82) is 0 Å². The van der Waals surface area contributed by atoms with E-state index >= 15 is 0 Å². The zero-order valence-electron chi connectivity index (χ0n) is 13.3. The van der Waals surface area contributed by atoms with Gasteiger partial charge in [0.1, 0.15) is 5.82 Å². The van der Waals surface area contributed by atoms with Crippen LogP contribution in [-0.2, 0) is 21.2 Å². The average Bonchev–Trinajstić information content (AvgIpc) is 2.52. The van der Waals surface area contributed by atoms with E-state index in [1.165, 1.54) is 24.3 Å². The molecule has 24 heavy (non-hydrogen) atoms. The van der Waals surface area contributed by atoms with Crippen LogP contribution in [0.1, 0.15) is 5.56 Å². The van der Waals surface area contributed by atoms with Crippen LogP contribution in [0, 0.1) is 5.82 Å². The molecule has 0 spiro atoms. The summed E-state index contributed by atoms with van der Waals surface area (Å²) < 4.78 is 37.9. The first-order chi connectivity index (χ1) is 11.4. The van der Waals surface area contributed by atoms with Crippen LogP contribution >= 0.6 is 0 Å². The van der Waals surface area contributed by atoms with Gasteiger partial charge in [-0.3, -0.25) is 9.10 Å². The van der Waals surface area contributed by atoms with Gasteiger partial charge in [0.05, 0.1) is 24.9 Å². The average molecular weight is 350 g/mol. The Labute approximate surface area is 141 Å². The Hall–Kier alpha value is -2.41. The molecule has 2 rings (SSSR count). The van der Waals surface area contributed by atoms with E-state index in [4.69, 9.17) is 0 Å². The number of nitrogens with one attached hydrogen (secondary N) is 1. The molecule has 128 valence electrons. The number of benzene rings is 2. The van der Waals surface area contributed by atoms with Gasteiger partial charge in [0.25, 0.3) is 0 Å². The molecule has 0 atom stereocenters. The number of nitrogens with zero attached hydrogens (tertiary/aromatic N) is 1. The van der Waals surface area contributed by atoms with E-state index in [1.54, 1.807) is 0 Å². The number of amides is 1. The number of hydrogen-bond donors (Lipinski definition) is 1. The smallest absolute Gasteiger partial charge is 0.232 e. The van der Waals surface area contributed by atoms with Gasteiger partial charge in [-0.25, -0.2) is 12.8 Å². The summed E-state index contributed by atoms with van der Waals surface area (Å²) in [6.45, 7) is 0.237. The van der Waals surface area contributed by atoms with Gasteiger partial charge in [-0.2, -0.15) is 0 Å². The lowest BCUT2D eigenvalue weighted by Gasteiger charge is -2.22. The van der Waals surface area contributed by atoms with Crippen LogP contribution in [0.5, 0.6) is 0 Å². The highest BCUT2D eigenvalue weighted by Gasteiger charge is 2.17. The largest absolute Gasteiger partial charge is 0.354 e. The molecule has 0 aliphatic heterocycles. The summed E-state index contributed by atoms with van der Waals surface area (Å²) >= 11 is 0. The van der Waals surface area contributed by atoms with Crippen LogP contribution in [0.15, 0.2) is 54.6 Å². The minimum Gasteiger partial charge on any atom is -0.354 e. The van der Waals surface area contributed by atoms with Crippen molar-refractivity contribution in [2.24, 2.45) is 0 Å². The highest BCUT2D eigenvalue weighted by atomic mass is 32.2. The zero-order chi connectivity index (χ0) is 17.6. The van der Waals surface area contributed by atoms with Crippen LogP contribution in [0.4, 0.5) is 10.1 Å². The Morgan fingerprint density at radius 2 is 1.71 bits per heavy atom. The van der Waals surface area contributed by atoms with E-state index in [-0.39, 0.29) is 25.4 Å². The van der Waals surface area contributed by atoms with E-state index in [9.17, 15) is 17.6 Å². The lowest BCUT2D eigenvalue weighted by Crippen LogP contribution is -2.38. The Morgan fingerprint density at radius 1 is 1.08 bits per heavy atom. The van der Waals surface area contributed by atoms with Gasteiger partial charge >= 0.3 is 0 Å². The lowest BCUT2D eigenvalue weighted by atomic mass is 10.1. The number of hydrogen-bond acceptors (Lipinski definition) is 3. The monoisotopic (exact) mass is 350 g/mol. The van der Waals surface area contributed by atoms with Crippen molar-refractivity contribution in [2.75, 3.05) is 23.7 Å². The minimum atomic E-state index is -3.53. The molecule has 0 saturated carbocycles. The van der Waals surface area contributed by atoms with Crippen LogP contribution < -0.4 is 9.62 Å². The van der Waals surface area contributed by atoms with Gasteiger partial charge in [-0.05, 0) is 29.8 Å². The van der Waals surface area contributed by atoms with E-state index in [2.05, 4.69) is 5.32 Å². The molecular formula is C17H19FN2O3S. The van der Waals surface area contributed by atoms with Gasteiger partial charge in [-0.1, -0.05) is 30.3 Å². The number of halogens is 1. The second-order valence-corrected chi connectivity index (χ2v) is 7.23. The summed E-state index contributed by atoms with van der Waals surface area (Å²) in [5.41, 5.74) is 1.24. The third kappa shape index (κ3) is 5.34. The summed E-state index contributed by atoms with van der Waals surface area (Å²) in [6.07, 6.45) is 1.30. The normalized spacial score (nSPS) is 11.1. The molecule has 0 aliphatic rings. The molecule has 0 unspecified atom stereocenters. The maximum Gasteiger partial charge on any atom is 0.232 e. The topological polar surface area (TPSA) is 66.5 Å². The van der Waals surface area contributed by atoms with Crippen molar-refractivity contribution in [2.45, 2.75) is 6.42 Å². The number of sulfonamides is 1. The van der Waals surface area contributed by atoms with E-state index in [0.29, 0.717) is 5.69 Å². The minimum absolute atomic E-state index is 0.0744. The second-order valence-electron chi connectivity index (χ2n) is 5.32.